The average Bonchev–Trinajstić information content (AvgIpc) is 2.47. The highest BCUT2D eigenvalue weighted by atomic mass is 16.5. The first kappa shape index (κ1) is 19.2. The van der Waals surface area contributed by atoms with Gasteiger partial charge in [-0.25, -0.2) is 0 Å². The minimum absolute atomic E-state index is 0.0734. The zero-order valence-electron chi connectivity index (χ0n) is 13.7. The van der Waals surface area contributed by atoms with Gasteiger partial charge in [0.15, 0.2) is 0 Å². The molecule has 0 atom stereocenters. The molecule has 0 heterocycles. The molecule has 0 N–H and O–H groups in total. The topological polar surface area (TPSA) is 26.3 Å². The van der Waals surface area contributed by atoms with Crippen LogP contribution in [-0.2, 0) is 9.53 Å². The van der Waals surface area contributed by atoms with E-state index in [-0.39, 0.29) is 5.97 Å². The highest BCUT2D eigenvalue weighted by molar-refractivity contribution is 5.68. The molecular formula is C18H34O2. The first-order valence-electron chi connectivity index (χ1n) is 8.53. The van der Waals surface area contributed by atoms with E-state index in [1.807, 2.05) is 0 Å². The Kier molecular flexibility index (Phi) is 15.6. The van der Waals surface area contributed by atoms with Crippen molar-refractivity contribution in [2.75, 3.05) is 7.11 Å². The highest BCUT2D eigenvalue weighted by Gasteiger charge is 1.98. The fourth-order valence-electron chi connectivity index (χ4n) is 2.27. The maximum Gasteiger partial charge on any atom is 0.305 e. The van der Waals surface area contributed by atoms with Crippen LogP contribution in [0.2, 0.25) is 0 Å². The van der Waals surface area contributed by atoms with E-state index in [4.69, 9.17) is 0 Å². The van der Waals surface area contributed by atoms with E-state index in [0.717, 1.165) is 12.8 Å². The van der Waals surface area contributed by atoms with Crippen LogP contribution >= 0.6 is 0 Å². The van der Waals surface area contributed by atoms with Crippen LogP contribution in [0.25, 0.3) is 0 Å². The summed E-state index contributed by atoms with van der Waals surface area (Å²) in [5, 5.41) is 0. The average molecular weight is 282 g/mol. The van der Waals surface area contributed by atoms with Crippen LogP contribution in [0, 0.1) is 0 Å². The van der Waals surface area contributed by atoms with Crippen molar-refractivity contribution in [3.05, 3.63) is 12.2 Å². The number of unbranched alkanes of at least 4 members (excludes halogenated alkanes) is 10. The molecule has 0 aliphatic heterocycles. The molecule has 0 unspecified atom stereocenters. The Hall–Kier alpha value is -0.790. The first-order valence-corrected chi connectivity index (χ1v) is 8.53. The standard InChI is InChI=1S/C18H34O2/c1-3-4-5-6-7-8-9-10-11-12-13-14-15-16-17-18(19)20-2/h7-8H,3-6,9-17H2,1-2H3. The van der Waals surface area contributed by atoms with Crippen molar-refractivity contribution < 1.29 is 9.53 Å². The number of esters is 1. The fourth-order valence-corrected chi connectivity index (χ4v) is 2.27. The number of hydrogen-bond donors (Lipinski definition) is 0. The van der Waals surface area contributed by atoms with Gasteiger partial charge in [-0.3, -0.25) is 4.79 Å². The molecule has 0 bridgehead atoms. The Bertz CT molecular complexity index is 234. The normalized spacial score (nSPS) is 11.1. The minimum atomic E-state index is -0.0734. The van der Waals surface area contributed by atoms with E-state index in [9.17, 15) is 4.79 Å². The van der Waals surface area contributed by atoms with Gasteiger partial charge in [-0.2, -0.15) is 0 Å². The Morgan fingerprint density at radius 3 is 1.85 bits per heavy atom. The number of methoxy groups -OCH3 is 1. The van der Waals surface area contributed by atoms with Crippen molar-refractivity contribution >= 4 is 5.97 Å². The second kappa shape index (κ2) is 16.3. The van der Waals surface area contributed by atoms with Gasteiger partial charge in [0.25, 0.3) is 0 Å². The summed E-state index contributed by atoms with van der Waals surface area (Å²) < 4.78 is 4.62. The number of carbonyl (C=O) groups excluding carboxylic acids is 1. The molecule has 0 fully saturated rings. The molecule has 0 aromatic rings. The van der Waals surface area contributed by atoms with Gasteiger partial charge in [0.1, 0.15) is 0 Å². The monoisotopic (exact) mass is 282 g/mol. The fraction of sp³-hybridized carbons (Fsp3) is 0.833. The van der Waals surface area contributed by atoms with Crippen LogP contribution in [0.15, 0.2) is 12.2 Å². The van der Waals surface area contributed by atoms with Gasteiger partial charge in [0.05, 0.1) is 7.11 Å². The molecule has 2 heteroatoms. The molecule has 0 aromatic carbocycles. The lowest BCUT2D eigenvalue weighted by Gasteiger charge is -2.01. The summed E-state index contributed by atoms with van der Waals surface area (Å²) in [6.07, 6.45) is 20.5. The SMILES string of the molecule is CCCCCC=CCCCCCCCCCC(=O)OC. The van der Waals surface area contributed by atoms with Crippen molar-refractivity contribution in [2.24, 2.45) is 0 Å². The number of hydrogen-bond acceptors (Lipinski definition) is 2. The maximum atomic E-state index is 10.9. The van der Waals surface area contributed by atoms with Crippen LogP contribution in [0.1, 0.15) is 90.4 Å². The van der Waals surface area contributed by atoms with Crippen molar-refractivity contribution in [2.45, 2.75) is 90.4 Å². The summed E-state index contributed by atoms with van der Waals surface area (Å²) in [5.41, 5.74) is 0. The summed E-state index contributed by atoms with van der Waals surface area (Å²) in [5.74, 6) is -0.0734. The van der Waals surface area contributed by atoms with Gasteiger partial charge in [-0.1, -0.05) is 64.0 Å². The summed E-state index contributed by atoms with van der Waals surface area (Å²) >= 11 is 0. The molecule has 2 nitrogen and oxygen atoms in total. The number of ether oxygens (including phenoxy) is 1. The number of rotatable bonds is 14. The molecular weight excluding hydrogens is 248 g/mol. The second-order valence-electron chi connectivity index (χ2n) is 5.56. The van der Waals surface area contributed by atoms with E-state index < -0.39 is 0 Å². The van der Waals surface area contributed by atoms with Crippen LogP contribution in [-0.4, -0.2) is 13.1 Å². The van der Waals surface area contributed by atoms with E-state index in [1.165, 1.54) is 71.3 Å². The predicted octanol–water partition coefficient (Wildman–Crippen LogP) is 5.81. The third-order valence-corrected chi connectivity index (χ3v) is 3.62. The highest BCUT2D eigenvalue weighted by Crippen LogP contribution is 2.10. The zero-order chi connectivity index (χ0) is 14.9. The second-order valence-corrected chi connectivity index (χ2v) is 5.56. The van der Waals surface area contributed by atoms with Crippen molar-refractivity contribution in [1.82, 2.24) is 0 Å². The molecule has 0 saturated carbocycles. The zero-order valence-corrected chi connectivity index (χ0v) is 13.7. The molecule has 0 aromatic heterocycles. The lowest BCUT2D eigenvalue weighted by atomic mass is 10.1. The summed E-state index contributed by atoms with van der Waals surface area (Å²) in [7, 11) is 1.46. The van der Waals surface area contributed by atoms with Crippen LogP contribution < -0.4 is 0 Å². The van der Waals surface area contributed by atoms with Gasteiger partial charge < -0.3 is 4.74 Å². The van der Waals surface area contributed by atoms with Crippen LogP contribution in [0.3, 0.4) is 0 Å². The quantitative estimate of drug-likeness (QED) is 0.228. The van der Waals surface area contributed by atoms with E-state index >= 15 is 0 Å². The molecule has 20 heavy (non-hydrogen) atoms. The van der Waals surface area contributed by atoms with Gasteiger partial charge in [0, 0.05) is 6.42 Å². The van der Waals surface area contributed by atoms with Crippen molar-refractivity contribution in [3.8, 4) is 0 Å². The molecule has 0 rings (SSSR count). The molecule has 0 aliphatic rings. The third-order valence-electron chi connectivity index (χ3n) is 3.62. The van der Waals surface area contributed by atoms with Crippen molar-refractivity contribution in [3.63, 3.8) is 0 Å². The molecule has 0 radical (unpaired) electrons. The summed E-state index contributed by atoms with van der Waals surface area (Å²) in [4.78, 5) is 10.9. The Labute approximate surface area is 126 Å². The van der Waals surface area contributed by atoms with Gasteiger partial charge in [-0.15, -0.1) is 0 Å². The maximum absolute atomic E-state index is 10.9. The summed E-state index contributed by atoms with van der Waals surface area (Å²) in [6.45, 7) is 2.25. The van der Waals surface area contributed by atoms with Crippen LogP contribution in [0.5, 0.6) is 0 Å². The third kappa shape index (κ3) is 15.3. The van der Waals surface area contributed by atoms with E-state index in [0.29, 0.717) is 6.42 Å². The van der Waals surface area contributed by atoms with E-state index in [2.05, 4.69) is 23.8 Å². The molecule has 0 aliphatic carbocycles. The Morgan fingerprint density at radius 2 is 1.30 bits per heavy atom. The van der Waals surface area contributed by atoms with Gasteiger partial charge in [0.2, 0.25) is 0 Å². The van der Waals surface area contributed by atoms with Gasteiger partial charge in [-0.05, 0) is 32.1 Å². The number of carbonyl (C=O) groups is 1. The van der Waals surface area contributed by atoms with Crippen LogP contribution in [0.4, 0.5) is 0 Å². The van der Waals surface area contributed by atoms with Gasteiger partial charge >= 0.3 is 5.97 Å². The lowest BCUT2D eigenvalue weighted by molar-refractivity contribution is -0.140. The Morgan fingerprint density at radius 1 is 0.800 bits per heavy atom. The molecule has 0 amide bonds. The molecule has 118 valence electrons. The first-order chi connectivity index (χ1) is 9.81. The predicted molar refractivity (Wildman–Crippen MR) is 86.9 cm³/mol. The molecule has 0 spiro atoms. The lowest BCUT2D eigenvalue weighted by Crippen LogP contribution is -1.99. The smallest absolute Gasteiger partial charge is 0.305 e. The molecule has 0 saturated heterocycles. The Balaban J connectivity index is 3.07. The number of allylic oxidation sites excluding steroid dienone is 2. The van der Waals surface area contributed by atoms with E-state index in [1.54, 1.807) is 0 Å². The minimum Gasteiger partial charge on any atom is -0.469 e. The summed E-state index contributed by atoms with van der Waals surface area (Å²) in [6, 6.07) is 0. The van der Waals surface area contributed by atoms with Crippen molar-refractivity contribution in [1.29, 1.82) is 0 Å². The largest absolute Gasteiger partial charge is 0.469 e.